The second-order valence-corrected chi connectivity index (χ2v) is 7.30. The molecule has 1 heterocycles. The average molecular weight is 302 g/mol. The number of alkyl halides is 1. The Kier molecular flexibility index (Phi) is 4.16. The maximum absolute atomic E-state index is 12.5. The van der Waals surface area contributed by atoms with E-state index in [0.29, 0.717) is 10.8 Å². The van der Waals surface area contributed by atoms with Gasteiger partial charge in [-0.3, -0.25) is 4.79 Å². The fourth-order valence-corrected chi connectivity index (χ4v) is 3.58. The van der Waals surface area contributed by atoms with E-state index >= 15 is 0 Å². The van der Waals surface area contributed by atoms with Crippen molar-refractivity contribution in [1.29, 1.82) is 0 Å². The number of carbonyl (C=O) groups excluding carboxylic acids is 1. The Labute approximate surface area is 123 Å². The van der Waals surface area contributed by atoms with E-state index < -0.39 is 0 Å². The third kappa shape index (κ3) is 3.08. The molecule has 0 unspecified atom stereocenters. The SMILES string of the molecule is CC(C)(C)c1nnsc1C(=O)NC1(CCl)CCCC1. The fourth-order valence-electron chi connectivity index (χ4n) is 2.47. The molecule has 2 rings (SSSR count). The Balaban J connectivity index is 2.19. The van der Waals surface area contributed by atoms with Crippen LogP contribution in [0.2, 0.25) is 0 Å². The topological polar surface area (TPSA) is 54.9 Å². The highest BCUT2D eigenvalue weighted by Crippen LogP contribution is 2.32. The van der Waals surface area contributed by atoms with Gasteiger partial charge >= 0.3 is 0 Å². The maximum Gasteiger partial charge on any atom is 0.265 e. The molecule has 1 aromatic heterocycles. The first kappa shape index (κ1) is 14.7. The summed E-state index contributed by atoms with van der Waals surface area (Å²) in [5.74, 6) is 0.387. The van der Waals surface area contributed by atoms with Crippen molar-refractivity contribution in [3.8, 4) is 0 Å². The number of hydrogen-bond donors (Lipinski definition) is 1. The molecule has 6 heteroatoms. The summed E-state index contributed by atoms with van der Waals surface area (Å²) in [6, 6.07) is 0. The summed E-state index contributed by atoms with van der Waals surface area (Å²) in [6.45, 7) is 6.11. The van der Waals surface area contributed by atoms with Gasteiger partial charge in [0.25, 0.3) is 5.91 Å². The van der Waals surface area contributed by atoms with E-state index in [-0.39, 0.29) is 16.9 Å². The minimum absolute atomic E-state index is 0.0810. The van der Waals surface area contributed by atoms with Crippen molar-refractivity contribution in [3.05, 3.63) is 10.6 Å². The van der Waals surface area contributed by atoms with Crippen molar-refractivity contribution in [2.24, 2.45) is 0 Å². The predicted molar refractivity (Wildman–Crippen MR) is 78.0 cm³/mol. The lowest BCUT2D eigenvalue weighted by Crippen LogP contribution is -2.48. The van der Waals surface area contributed by atoms with Gasteiger partial charge in [0.1, 0.15) is 4.88 Å². The Morgan fingerprint density at radius 2 is 2.05 bits per heavy atom. The van der Waals surface area contributed by atoms with Crippen LogP contribution >= 0.6 is 23.1 Å². The van der Waals surface area contributed by atoms with Crippen molar-refractivity contribution in [3.63, 3.8) is 0 Å². The summed E-state index contributed by atoms with van der Waals surface area (Å²) >= 11 is 7.22. The number of nitrogens with one attached hydrogen (secondary N) is 1. The summed E-state index contributed by atoms with van der Waals surface area (Å²) in [6.07, 6.45) is 4.17. The summed E-state index contributed by atoms with van der Waals surface area (Å²) in [4.78, 5) is 13.1. The van der Waals surface area contributed by atoms with E-state index in [4.69, 9.17) is 11.6 Å². The second kappa shape index (κ2) is 5.37. The Bertz CT molecular complexity index is 461. The lowest BCUT2D eigenvalue weighted by molar-refractivity contribution is 0.0911. The molecule has 1 saturated carbocycles. The van der Waals surface area contributed by atoms with Gasteiger partial charge < -0.3 is 5.32 Å². The van der Waals surface area contributed by atoms with Gasteiger partial charge in [0.2, 0.25) is 0 Å². The lowest BCUT2D eigenvalue weighted by atomic mass is 9.91. The largest absolute Gasteiger partial charge is 0.345 e. The van der Waals surface area contributed by atoms with Gasteiger partial charge in [-0.25, -0.2) is 0 Å². The molecule has 19 heavy (non-hydrogen) atoms. The van der Waals surface area contributed by atoms with Crippen molar-refractivity contribution in [2.75, 3.05) is 5.88 Å². The van der Waals surface area contributed by atoms with Gasteiger partial charge in [0, 0.05) is 11.3 Å². The highest BCUT2D eigenvalue weighted by atomic mass is 35.5. The number of carbonyl (C=O) groups is 1. The molecule has 1 fully saturated rings. The molecule has 0 bridgehead atoms. The van der Waals surface area contributed by atoms with Crippen LogP contribution in [0.15, 0.2) is 0 Å². The van der Waals surface area contributed by atoms with Crippen molar-refractivity contribution < 1.29 is 4.79 Å². The molecule has 0 radical (unpaired) electrons. The van der Waals surface area contributed by atoms with E-state index in [1.807, 2.05) is 20.8 Å². The van der Waals surface area contributed by atoms with E-state index in [0.717, 1.165) is 42.9 Å². The van der Waals surface area contributed by atoms with E-state index in [2.05, 4.69) is 14.9 Å². The molecule has 0 aliphatic heterocycles. The summed E-state index contributed by atoms with van der Waals surface area (Å²) < 4.78 is 3.93. The van der Waals surface area contributed by atoms with Crippen LogP contribution in [0.4, 0.5) is 0 Å². The number of hydrogen-bond acceptors (Lipinski definition) is 4. The molecule has 0 atom stereocenters. The molecular weight excluding hydrogens is 282 g/mol. The zero-order chi connectivity index (χ0) is 14.1. The highest BCUT2D eigenvalue weighted by molar-refractivity contribution is 7.08. The molecule has 0 aromatic carbocycles. The van der Waals surface area contributed by atoms with Gasteiger partial charge in [-0.05, 0) is 24.4 Å². The summed E-state index contributed by atoms with van der Waals surface area (Å²) in [5.41, 5.74) is 0.346. The quantitative estimate of drug-likeness (QED) is 0.873. The van der Waals surface area contributed by atoms with Crippen LogP contribution in [-0.2, 0) is 5.41 Å². The lowest BCUT2D eigenvalue weighted by Gasteiger charge is -2.28. The van der Waals surface area contributed by atoms with Gasteiger partial charge in [0.05, 0.1) is 11.2 Å². The molecule has 0 saturated heterocycles. The molecule has 1 amide bonds. The van der Waals surface area contributed by atoms with Crippen LogP contribution in [-0.4, -0.2) is 26.9 Å². The van der Waals surface area contributed by atoms with Crippen molar-refractivity contribution in [2.45, 2.75) is 57.4 Å². The molecule has 1 aliphatic carbocycles. The number of rotatable bonds is 3. The maximum atomic E-state index is 12.5. The number of halogens is 1. The Morgan fingerprint density at radius 3 is 2.58 bits per heavy atom. The Hall–Kier alpha value is -0.680. The first-order valence-corrected chi connectivity index (χ1v) is 7.90. The Morgan fingerprint density at radius 1 is 1.42 bits per heavy atom. The van der Waals surface area contributed by atoms with Gasteiger partial charge in [0.15, 0.2) is 0 Å². The molecule has 1 aromatic rings. The van der Waals surface area contributed by atoms with Crippen molar-refractivity contribution in [1.82, 2.24) is 14.9 Å². The first-order chi connectivity index (χ1) is 8.88. The first-order valence-electron chi connectivity index (χ1n) is 6.59. The second-order valence-electron chi connectivity index (χ2n) is 6.28. The fraction of sp³-hybridized carbons (Fsp3) is 0.769. The standard InChI is InChI=1S/C13H20ClN3OS/c1-12(2,3)10-9(19-17-16-10)11(18)15-13(8-14)6-4-5-7-13/h4-8H2,1-3H3,(H,15,18). The van der Waals surface area contributed by atoms with Crippen LogP contribution in [0.25, 0.3) is 0 Å². The predicted octanol–water partition coefficient (Wildman–Crippen LogP) is 3.12. The van der Waals surface area contributed by atoms with E-state index in [1.54, 1.807) is 0 Å². The van der Waals surface area contributed by atoms with Crippen LogP contribution in [0.3, 0.4) is 0 Å². The van der Waals surface area contributed by atoms with E-state index in [9.17, 15) is 4.79 Å². The van der Waals surface area contributed by atoms with Crippen LogP contribution in [0, 0.1) is 0 Å². The van der Waals surface area contributed by atoms with Crippen molar-refractivity contribution >= 4 is 29.0 Å². The van der Waals surface area contributed by atoms with Gasteiger partial charge in [-0.1, -0.05) is 38.1 Å². The number of aromatic nitrogens is 2. The van der Waals surface area contributed by atoms with Gasteiger partial charge in [-0.15, -0.1) is 16.7 Å². The summed E-state index contributed by atoms with van der Waals surface area (Å²) in [5, 5.41) is 7.22. The molecule has 0 spiro atoms. The normalized spacial score (nSPS) is 18.5. The molecule has 1 N–H and O–H groups in total. The molecule has 4 nitrogen and oxygen atoms in total. The van der Waals surface area contributed by atoms with E-state index in [1.165, 1.54) is 0 Å². The summed E-state index contributed by atoms with van der Waals surface area (Å²) in [7, 11) is 0. The minimum Gasteiger partial charge on any atom is -0.345 e. The van der Waals surface area contributed by atoms with Crippen LogP contribution in [0.5, 0.6) is 0 Å². The van der Waals surface area contributed by atoms with Crippen LogP contribution in [0.1, 0.15) is 61.8 Å². The third-order valence-electron chi connectivity index (χ3n) is 3.60. The van der Waals surface area contributed by atoms with Gasteiger partial charge in [-0.2, -0.15) is 0 Å². The molecule has 106 valence electrons. The smallest absolute Gasteiger partial charge is 0.265 e. The number of nitrogens with zero attached hydrogens (tertiary/aromatic N) is 2. The highest BCUT2D eigenvalue weighted by Gasteiger charge is 2.36. The monoisotopic (exact) mass is 301 g/mol. The zero-order valence-electron chi connectivity index (χ0n) is 11.6. The van der Waals surface area contributed by atoms with Crippen LogP contribution < -0.4 is 5.32 Å². The molecule has 1 aliphatic rings. The zero-order valence-corrected chi connectivity index (χ0v) is 13.2. The minimum atomic E-state index is -0.238. The third-order valence-corrected chi connectivity index (χ3v) is 4.84. The molecular formula is C13H20ClN3OS. The number of amides is 1. The average Bonchev–Trinajstić information content (AvgIpc) is 2.96.